The monoisotopic (exact) mass is 321 g/mol. The predicted molar refractivity (Wildman–Crippen MR) is 93.3 cm³/mol. The van der Waals surface area contributed by atoms with E-state index in [1.807, 2.05) is 30.3 Å². The fourth-order valence-electron chi connectivity index (χ4n) is 2.47. The number of hydrogen-bond donors (Lipinski definition) is 2. The van der Waals surface area contributed by atoms with Crippen LogP contribution in [0.5, 0.6) is 0 Å². The standard InChI is InChI=1S/C20H16FNO2/c1-13-7-9-16(12-18(13)21)22-19-11-15(8-10-17(19)20(23)24)14-5-3-2-4-6-14/h2-12,22H,1H3,(H,23,24). The van der Waals surface area contributed by atoms with Crippen molar-refractivity contribution in [2.45, 2.75) is 6.92 Å². The number of aromatic carboxylic acids is 1. The van der Waals surface area contributed by atoms with Crippen LogP contribution in [-0.2, 0) is 0 Å². The first-order valence-corrected chi connectivity index (χ1v) is 7.50. The maximum atomic E-state index is 13.7. The second-order valence-electron chi connectivity index (χ2n) is 5.52. The van der Waals surface area contributed by atoms with Crippen LogP contribution in [0.25, 0.3) is 11.1 Å². The third-order valence-corrected chi connectivity index (χ3v) is 3.81. The number of halogens is 1. The average Bonchev–Trinajstić information content (AvgIpc) is 2.59. The Bertz CT molecular complexity index is 891. The van der Waals surface area contributed by atoms with E-state index in [2.05, 4.69) is 5.32 Å². The number of carboxylic acid groups (broad SMARTS) is 1. The lowest BCUT2D eigenvalue weighted by atomic mass is 10.0. The molecule has 0 spiro atoms. The molecule has 4 heteroatoms. The molecule has 0 heterocycles. The van der Waals surface area contributed by atoms with Gasteiger partial charge in [0.1, 0.15) is 5.82 Å². The molecule has 3 aromatic carbocycles. The zero-order chi connectivity index (χ0) is 17.1. The molecule has 0 radical (unpaired) electrons. The minimum Gasteiger partial charge on any atom is -0.478 e. The van der Waals surface area contributed by atoms with Crippen LogP contribution in [-0.4, -0.2) is 11.1 Å². The number of carboxylic acids is 1. The van der Waals surface area contributed by atoms with Gasteiger partial charge < -0.3 is 10.4 Å². The van der Waals surface area contributed by atoms with Crippen molar-refractivity contribution in [2.75, 3.05) is 5.32 Å². The number of aryl methyl sites for hydroxylation is 1. The fourth-order valence-corrected chi connectivity index (χ4v) is 2.47. The molecule has 0 aliphatic rings. The Morgan fingerprint density at radius 1 is 0.958 bits per heavy atom. The van der Waals surface area contributed by atoms with Gasteiger partial charge in [-0.3, -0.25) is 0 Å². The molecule has 24 heavy (non-hydrogen) atoms. The topological polar surface area (TPSA) is 49.3 Å². The summed E-state index contributed by atoms with van der Waals surface area (Å²) in [6.45, 7) is 1.68. The van der Waals surface area contributed by atoms with Crippen LogP contribution in [0.4, 0.5) is 15.8 Å². The summed E-state index contributed by atoms with van der Waals surface area (Å²) >= 11 is 0. The molecular formula is C20H16FNO2. The lowest BCUT2D eigenvalue weighted by Crippen LogP contribution is -2.03. The Kier molecular flexibility index (Phi) is 4.29. The zero-order valence-corrected chi connectivity index (χ0v) is 13.1. The SMILES string of the molecule is Cc1ccc(Nc2cc(-c3ccccc3)ccc2C(=O)O)cc1F. The van der Waals surface area contributed by atoms with Gasteiger partial charge in [-0.05, 0) is 47.9 Å². The highest BCUT2D eigenvalue weighted by Crippen LogP contribution is 2.28. The molecule has 3 aromatic rings. The van der Waals surface area contributed by atoms with E-state index in [0.29, 0.717) is 16.9 Å². The van der Waals surface area contributed by atoms with E-state index in [1.54, 1.807) is 37.3 Å². The Balaban J connectivity index is 2.03. The first-order chi connectivity index (χ1) is 11.5. The molecule has 0 unspecified atom stereocenters. The van der Waals surface area contributed by atoms with Crippen LogP contribution in [0.15, 0.2) is 66.7 Å². The van der Waals surface area contributed by atoms with Gasteiger partial charge in [0.15, 0.2) is 0 Å². The molecule has 0 aliphatic heterocycles. The van der Waals surface area contributed by atoms with Crippen LogP contribution in [0.2, 0.25) is 0 Å². The number of rotatable bonds is 4. The van der Waals surface area contributed by atoms with Gasteiger partial charge in [-0.2, -0.15) is 0 Å². The number of nitrogens with one attached hydrogen (secondary N) is 1. The van der Waals surface area contributed by atoms with Crippen molar-refractivity contribution in [3.8, 4) is 11.1 Å². The van der Waals surface area contributed by atoms with Crippen molar-refractivity contribution in [3.63, 3.8) is 0 Å². The van der Waals surface area contributed by atoms with E-state index in [4.69, 9.17) is 0 Å². The molecule has 0 aliphatic carbocycles. The van der Waals surface area contributed by atoms with Crippen LogP contribution >= 0.6 is 0 Å². The molecule has 0 fully saturated rings. The molecule has 3 rings (SSSR count). The Hall–Kier alpha value is -3.14. The highest BCUT2D eigenvalue weighted by Gasteiger charge is 2.12. The highest BCUT2D eigenvalue weighted by atomic mass is 19.1. The third-order valence-electron chi connectivity index (χ3n) is 3.81. The van der Waals surface area contributed by atoms with E-state index in [0.717, 1.165) is 11.1 Å². The van der Waals surface area contributed by atoms with Crippen molar-refractivity contribution in [3.05, 3.63) is 83.7 Å². The molecule has 0 amide bonds. The molecule has 120 valence electrons. The lowest BCUT2D eigenvalue weighted by molar-refractivity contribution is 0.0698. The number of hydrogen-bond acceptors (Lipinski definition) is 2. The minimum absolute atomic E-state index is 0.135. The van der Waals surface area contributed by atoms with Gasteiger partial charge in [-0.25, -0.2) is 9.18 Å². The summed E-state index contributed by atoms with van der Waals surface area (Å²) in [5.41, 5.74) is 3.47. The van der Waals surface area contributed by atoms with Gasteiger partial charge in [-0.15, -0.1) is 0 Å². The van der Waals surface area contributed by atoms with Gasteiger partial charge in [0, 0.05) is 5.69 Å². The average molecular weight is 321 g/mol. The first kappa shape index (κ1) is 15.7. The molecule has 0 saturated carbocycles. The van der Waals surface area contributed by atoms with Crippen LogP contribution in [0.1, 0.15) is 15.9 Å². The van der Waals surface area contributed by atoms with Crippen LogP contribution in [0, 0.1) is 12.7 Å². The van der Waals surface area contributed by atoms with Crippen molar-refractivity contribution >= 4 is 17.3 Å². The summed E-state index contributed by atoms with van der Waals surface area (Å²) in [7, 11) is 0. The van der Waals surface area contributed by atoms with Gasteiger partial charge in [-0.1, -0.05) is 42.5 Å². The van der Waals surface area contributed by atoms with E-state index < -0.39 is 5.97 Å². The van der Waals surface area contributed by atoms with Gasteiger partial charge in [0.05, 0.1) is 11.3 Å². The van der Waals surface area contributed by atoms with Crippen molar-refractivity contribution in [1.82, 2.24) is 0 Å². The van der Waals surface area contributed by atoms with Crippen molar-refractivity contribution < 1.29 is 14.3 Å². The van der Waals surface area contributed by atoms with E-state index in [9.17, 15) is 14.3 Å². The largest absolute Gasteiger partial charge is 0.478 e. The summed E-state index contributed by atoms with van der Waals surface area (Å²) < 4.78 is 13.7. The van der Waals surface area contributed by atoms with Gasteiger partial charge >= 0.3 is 5.97 Å². The van der Waals surface area contributed by atoms with Crippen LogP contribution < -0.4 is 5.32 Å². The van der Waals surface area contributed by atoms with Crippen LogP contribution in [0.3, 0.4) is 0 Å². The maximum absolute atomic E-state index is 13.7. The highest BCUT2D eigenvalue weighted by molar-refractivity contribution is 5.96. The molecule has 0 aromatic heterocycles. The van der Waals surface area contributed by atoms with E-state index >= 15 is 0 Å². The molecule has 0 atom stereocenters. The summed E-state index contributed by atoms with van der Waals surface area (Å²) in [6, 6.07) is 19.5. The second-order valence-corrected chi connectivity index (χ2v) is 5.52. The number of anilines is 2. The molecule has 0 saturated heterocycles. The summed E-state index contributed by atoms with van der Waals surface area (Å²) in [5, 5.41) is 12.4. The lowest BCUT2D eigenvalue weighted by Gasteiger charge is -2.12. The molecule has 2 N–H and O–H groups in total. The smallest absolute Gasteiger partial charge is 0.337 e. The van der Waals surface area contributed by atoms with Crippen molar-refractivity contribution in [2.24, 2.45) is 0 Å². The van der Waals surface area contributed by atoms with E-state index in [1.165, 1.54) is 6.07 Å². The summed E-state index contributed by atoms with van der Waals surface area (Å²) in [4.78, 5) is 11.5. The molecular weight excluding hydrogens is 305 g/mol. The molecule has 0 bridgehead atoms. The Labute approximate surface area is 139 Å². The zero-order valence-electron chi connectivity index (χ0n) is 13.1. The Morgan fingerprint density at radius 2 is 1.71 bits per heavy atom. The Morgan fingerprint density at radius 3 is 2.38 bits per heavy atom. The number of carbonyl (C=O) groups is 1. The quantitative estimate of drug-likeness (QED) is 0.690. The van der Waals surface area contributed by atoms with Crippen molar-refractivity contribution in [1.29, 1.82) is 0 Å². The summed E-state index contributed by atoms with van der Waals surface area (Å²) in [5.74, 6) is -1.37. The maximum Gasteiger partial charge on any atom is 0.337 e. The van der Waals surface area contributed by atoms with E-state index in [-0.39, 0.29) is 11.4 Å². The third kappa shape index (κ3) is 3.27. The predicted octanol–water partition coefficient (Wildman–Crippen LogP) is 5.24. The van der Waals surface area contributed by atoms with Gasteiger partial charge in [0.25, 0.3) is 0 Å². The summed E-state index contributed by atoms with van der Waals surface area (Å²) in [6.07, 6.45) is 0. The first-order valence-electron chi connectivity index (χ1n) is 7.50. The fraction of sp³-hybridized carbons (Fsp3) is 0.0500. The molecule has 3 nitrogen and oxygen atoms in total. The van der Waals surface area contributed by atoms with Gasteiger partial charge in [0.2, 0.25) is 0 Å². The number of benzene rings is 3. The normalized spacial score (nSPS) is 10.4. The second kappa shape index (κ2) is 6.54. The minimum atomic E-state index is -1.04.